The van der Waals surface area contributed by atoms with E-state index in [4.69, 9.17) is 26.8 Å². The van der Waals surface area contributed by atoms with Crippen LogP contribution in [0.2, 0.25) is 5.15 Å². The summed E-state index contributed by atoms with van der Waals surface area (Å²) in [5.74, 6) is -1.34. The maximum absolute atomic E-state index is 12.8. The van der Waals surface area contributed by atoms with Gasteiger partial charge in [-0.05, 0) is 26.3 Å². The van der Waals surface area contributed by atoms with Gasteiger partial charge in [0.15, 0.2) is 0 Å². The van der Waals surface area contributed by atoms with E-state index < -0.39 is 11.9 Å². The van der Waals surface area contributed by atoms with Gasteiger partial charge in [0.1, 0.15) is 33.3 Å². The summed E-state index contributed by atoms with van der Waals surface area (Å²) in [7, 11) is 0. The van der Waals surface area contributed by atoms with Crippen molar-refractivity contribution < 1.29 is 19.1 Å². The molecule has 32 heavy (non-hydrogen) atoms. The number of benzene rings is 1. The second kappa shape index (κ2) is 9.85. The molecule has 0 aliphatic carbocycles. The van der Waals surface area contributed by atoms with E-state index in [9.17, 15) is 14.9 Å². The standard InChI is InChI=1S/C22H21ClN4O4S/c1-4-30-22(29)18-16(15(9-24)20(25)32-18)11-31-21(28)17-13(3)26-27(19(17)23)10-14-7-5-12(2)6-8-14/h5-8H,4,10-11,25H2,1-3H3. The number of anilines is 1. The van der Waals surface area contributed by atoms with Crippen molar-refractivity contribution in [2.24, 2.45) is 0 Å². The van der Waals surface area contributed by atoms with E-state index in [1.165, 1.54) is 4.68 Å². The lowest BCUT2D eigenvalue weighted by molar-refractivity contribution is 0.0452. The van der Waals surface area contributed by atoms with Crippen LogP contribution in [0.3, 0.4) is 0 Å². The number of nitrogens with zero attached hydrogens (tertiary/aromatic N) is 3. The summed E-state index contributed by atoms with van der Waals surface area (Å²) in [6, 6.07) is 9.83. The van der Waals surface area contributed by atoms with Crippen LogP contribution in [0, 0.1) is 25.2 Å². The highest BCUT2D eigenvalue weighted by molar-refractivity contribution is 7.18. The monoisotopic (exact) mass is 472 g/mol. The Morgan fingerprint density at radius 1 is 1.22 bits per heavy atom. The molecule has 0 aliphatic heterocycles. The van der Waals surface area contributed by atoms with Gasteiger partial charge in [-0.1, -0.05) is 41.4 Å². The fourth-order valence-corrected chi connectivity index (χ4v) is 4.30. The predicted molar refractivity (Wildman–Crippen MR) is 121 cm³/mol. The van der Waals surface area contributed by atoms with Gasteiger partial charge < -0.3 is 15.2 Å². The van der Waals surface area contributed by atoms with Gasteiger partial charge in [0, 0.05) is 5.56 Å². The van der Waals surface area contributed by atoms with Gasteiger partial charge in [-0.25, -0.2) is 14.3 Å². The molecule has 0 bridgehead atoms. The van der Waals surface area contributed by atoms with E-state index in [0.29, 0.717) is 12.2 Å². The largest absolute Gasteiger partial charge is 0.462 e. The Balaban J connectivity index is 1.82. The first kappa shape index (κ1) is 23.3. The van der Waals surface area contributed by atoms with Crippen LogP contribution in [0.5, 0.6) is 0 Å². The average molecular weight is 473 g/mol. The molecule has 3 rings (SSSR count). The number of rotatable bonds is 7. The second-order valence-electron chi connectivity index (χ2n) is 6.95. The van der Waals surface area contributed by atoms with Crippen molar-refractivity contribution in [3.63, 3.8) is 0 Å². The first-order valence-electron chi connectivity index (χ1n) is 9.70. The molecule has 0 amide bonds. The highest BCUT2D eigenvalue weighted by Crippen LogP contribution is 2.32. The number of nitriles is 1. The van der Waals surface area contributed by atoms with E-state index in [-0.39, 0.29) is 44.9 Å². The van der Waals surface area contributed by atoms with E-state index in [2.05, 4.69) is 5.10 Å². The van der Waals surface area contributed by atoms with Crippen LogP contribution in [0.25, 0.3) is 0 Å². The molecule has 2 N–H and O–H groups in total. The number of ether oxygens (including phenoxy) is 2. The molecule has 0 fully saturated rings. The van der Waals surface area contributed by atoms with Crippen LogP contribution in [0.4, 0.5) is 5.00 Å². The molecular formula is C22H21ClN4O4S. The minimum absolute atomic E-state index is 0.0868. The Kier molecular flexibility index (Phi) is 7.18. The van der Waals surface area contributed by atoms with Gasteiger partial charge in [-0.2, -0.15) is 10.4 Å². The van der Waals surface area contributed by atoms with Crippen molar-refractivity contribution in [1.29, 1.82) is 5.26 Å². The number of nitrogens with two attached hydrogens (primary N) is 1. The van der Waals surface area contributed by atoms with Gasteiger partial charge in [0.05, 0.1) is 24.4 Å². The lowest BCUT2D eigenvalue weighted by atomic mass is 10.1. The number of esters is 2. The van der Waals surface area contributed by atoms with Crippen LogP contribution in [-0.4, -0.2) is 28.3 Å². The lowest BCUT2D eigenvalue weighted by Crippen LogP contribution is -2.11. The van der Waals surface area contributed by atoms with E-state index >= 15 is 0 Å². The maximum Gasteiger partial charge on any atom is 0.348 e. The van der Waals surface area contributed by atoms with Crippen LogP contribution in [0.1, 0.15) is 54.9 Å². The van der Waals surface area contributed by atoms with Crippen molar-refractivity contribution in [3.8, 4) is 6.07 Å². The Labute approximate surface area is 194 Å². The minimum atomic E-state index is -0.717. The summed E-state index contributed by atoms with van der Waals surface area (Å²) in [6.07, 6.45) is 0. The zero-order chi connectivity index (χ0) is 23.4. The number of carbonyl (C=O) groups is 2. The molecule has 0 unspecified atom stereocenters. The van der Waals surface area contributed by atoms with Crippen LogP contribution >= 0.6 is 22.9 Å². The smallest absolute Gasteiger partial charge is 0.348 e. The van der Waals surface area contributed by atoms with Gasteiger partial charge in [-0.3, -0.25) is 0 Å². The fourth-order valence-electron chi connectivity index (χ4n) is 3.07. The normalized spacial score (nSPS) is 10.6. The molecule has 10 heteroatoms. The highest BCUT2D eigenvalue weighted by atomic mass is 35.5. The summed E-state index contributed by atoms with van der Waals surface area (Å²) >= 11 is 7.35. The fraction of sp³-hybridized carbons (Fsp3) is 0.273. The van der Waals surface area contributed by atoms with E-state index in [0.717, 1.165) is 22.5 Å². The minimum Gasteiger partial charge on any atom is -0.462 e. The number of hydrogen-bond acceptors (Lipinski definition) is 8. The van der Waals surface area contributed by atoms with Crippen LogP contribution in [0.15, 0.2) is 24.3 Å². The number of nitrogen functional groups attached to an aromatic ring is 1. The summed E-state index contributed by atoms with van der Waals surface area (Å²) in [4.78, 5) is 25.1. The van der Waals surface area contributed by atoms with Crippen molar-refractivity contribution in [3.05, 3.63) is 67.8 Å². The topological polar surface area (TPSA) is 120 Å². The molecule has 166 valence electrons. The Bertz CT molecular complexity index is 1210. The van der Waals surface area contributed by atoms with E-state index in [1.54, 1.807) is 13.8 Å². The first-order chi connectivity index (χ1) is 15.3. The van der Waals surface area contributed by atoms with Gasteiger partial charge in [0.25, 0.3) is 0 Å². The van der Waals surface area contributed by atoms with Gasteiger partial charge >= 0.3 is 11.9 Å². The molecule has 0 aliphatic rings. The molecule has 0 atom stereocenters. The molecule has 1 aromatic carbocycles. The highest BCUT2D eigenvalue weighted by Gasteiger charge is 2.26. The third-order valence-corrected chi connectivity index (χ3v) is 6.10. The number of aromatic nitrogens is 2. The third kappa shape index (κ3) is 4.77. The summed E-state index contributed by atoms with van der Waals surface area (Å²) < 4.78 is 11.9. The second-order valence-corrected chi connectivity index (χ2v) is 8.36. The van der Waals surface area contributed by atoms with Crippen molar-refractivity contribution >= 4 is 39.9 Å². The molecule has 0 spiro atoms. The third-order valence-electron chi connectivity index (χ3n) is 4.68. The molecule has 2 heterocycles. The molecule has 0 saturated carbocycles. The molecule has 0 radical (unpaired) electrons. The number of hydrogen-bond donors (Lipinski definition) is 1. The molecule has 2 aromatic heterocycles. The zero-order valence-corrected chi connectivity index (χ0v) is 19.3. The number of thiophene rings is 1. The SMILES string of the molecule is CCOC(=O)c1sc(N)c(C#N)c1COC(=O)c1c(C)nn(Cc2ccc(C)cc2)c1Cl. The number of aryl methyl sites for hydroxylation is 2. The van der Waals surface area contributed by atoms with Crippen molar-refractivity contribution in [2.45, 2.75) is 33.9 Å². The lowest BCUT2D eigenvalue weighted by Gasteiger charge is -2.07. The van der Waals surface area contributed by atoms with E-state index in [1.807, 2.05) is 37.3 Å². The predicted octanol–water partition coefficient (Wildman–Crippen LogP) is 4.25. The summed E-state index contributed by atoms with van der Waals surface area (Å²) in [5.41, 5.74) is 8.79. The summed E-state index contributed by atoms with van der Waals surface area (Å²) in [5, 5.41) is 14.1. The van der Waals surface area contributed by atoms with Crippen LogP contribution in [-0.2, 0) is 22.6 Å². The Morgan fingerprint density at radius 3 is 2.53 bits per heavy atom. The number of carbonyl (C=O) groups excluding carboxylic acids is 2. The first-order valence-corrected chi connectivity index (χ1v) is 10.9. The number of halogens is 1. The maximum atomic E-state index is 12.8. The van der Waals surface area contributed by atoms with Gasteiger partial charge in [0.2, 0.25) is 0 Å². The summed E-state index contributed by atoms with van der Waals surface area (Å²) in [6.45, 7) is 5.53. The zero-order valence-electron chi connectivity index (χ0n) is 17.8. The molecule has 0 saturated heterocycles. The van der Waals surface area contributed by atoms with Crippen molar-refractivity contribution in [1.82, 2.24) is 9.78 Å². The molecule has 3 aromatic rings. The Morgan fingerprint density at radius 2 is 1.91 bits per heavy atom. The van der Waals surface area contributed by atoms with Crippen molar-refractivity contribution in [2.75, 3.05) is 12.3 Å². The quantitative estimate of drug-likeness (QED) is 0.510. The van der Waals surface area contributed by atoms with Crippen LogP contribution < -0.4 is 5.73 Å². The average Bonchev–Trinajstić information content (AvgIpc) is 3.23. The Hall–Kier alpha value is -3.35. The molecular weight excluding hydrogens is 452 g/mol. The van der Waals surface area contributed by atoms with Gasteiger partial charge in [-0.15, -0.1) is 11.3 Å². The molecule has 8 nitrogen and oxygen atoms in total.